The second-order valence-corrected chi connectivity index (χ2v) is 7.67. The summed E-state index contributed by atoms with van der Waals surface area (Å²) in [4.78, 5) is 33.4. The van der Waals surface area contributed by atoms with Gasteiger partial charge < -0.3 is 15.1 Å². The third-order valence-corrected chi connectivity index (χ3v) is 5.38. The van der Waals surface area contributed by atoms with Crippen LogP contribution in [-0.4, -0.2) is 47.9 Å². The molecule has 6 heteroatoms. The average molecular weight is 378 g/mol. The lowest BCUT2D eigenvalue weighted by Gasteiger charge is -2.23. The van der Waals surface area contributed by atoms with Crippen LogP contribution in [0.3, 0.4) is 0 Å². The van der Waals surface area contributed by atoms with Crippen LogP contribution in [0.25, 0.3) is 0 Å². The van der Waals surface area contributed by atoms with Crippen LogP contribution in [0, 0.1) is 12.8 Å². The lowest BCUT2D eigenvalue weighted by Crippen LogP contribution is -2.36. The SMILES string of the molecule is Cc1ccc(NC(=O)c2ccc(N3CCCN(C(=O)C4CC4)CC3)nc2)cc1. The maximum atomic E-state index is 12.4. The molecular formula is C22H26N4O2. The fraction of sp³-hybridized carbons (Fsp3) is 0.409. The van der Waals surface area contributed by atoms with Crippen molar-refractivity contribution < 1.29 is 9.59 Å². The van der Waals surface area contributed by atoms with E-state index in [9.17, 15) is 9.59 Å². The Labute approximate surface area is 165 Å². The normalized spacial score (nSPS) is 17.2. The molecule has 2 heterocycles. The molecule has 2 fully saturated rings. The van der Waals surface area contributed by atoms with Crippen LogP contribution in [0.2, 0.25) is 0 Å². The third kappa shape index (κ3) is 4.32. The van der Waals surface area contributed by atoms with Gasteiger partial charge in [-0.05, 0) is 50.5 Å². The van der Waals surface area contributed by atoms with Gasteiger partial charge in [-0.15, -0.1) is 0 Å². The lowest BCUT2D eigenvalue weighted by molar-refractivity contribution is -0.132. The molecule has 0 bridgehead atoms. The number of amides is 2. The molecular weight excluding hydrogens is 352 g/mol. The number of benzene rings is 1. The second kappa shape index (κ2) is 8.00. The molecule has 1 aromatic heterocycles. The molecule has 1 saturated heterocycles. The van der Waals surface area contributed by atoms with Gasteiger partial charge in [0.1, 0.15) is 5.82 Å². The van der Waals surface area contributed by atoms with Crippen LogP contribution in [0.5, 0.6) is 0 Å². The van der Waals surface area contributed by atoms with Crippen LogP contribution >= 0.6 is 0 Å². The molecule has 0 spiro atoms. The number of anilines is 2. The highest BCUT2D eigenvalue weighted by atomic mass is 16.2. The van der Waals surface area contributed by atoms with E-state index in [0.717, 1.165) is 62.5 Å². The highest BCUT2D eigenvalue weighted by Gasteiger charge is 2.34. The minimum atomic E-state index is -0.167. The lowest BCUT2D eigenvalue weighted by atomic mass is 10.2. The highest BCUT2D eigenvalue weighted by molar-refractivity contribution is 6.04. The third-order valence-electron chi connectivity index (χ3n) is 5.38. The number of hydrogen-bond acceptors (Lipinski definition) is 4. The number of nitrogens with zero attached hydrogens (tertiary/aromatic N) is 3. The van der Waals surface area contributed by atoms with Crippen molar-refractivity contribution in [2.75, 3.05) is 36.4 Å². The minimum absolute atomic E-state index is 0.167. The minimum Gasteiger partial charge on any atom is -0.355 e. The number of carbonyl (C=O) groups is 2. The molecule has 2 aliphatic rings. The molecule has 0 unspecified atom stereocenters. The summed E-state index contributed by atoms with van der Waals surface area (Å²) in [6.07, 6.45) is 4.66. The van der Waals surface area contributed by atoms with Crippen LogP contribution in [0.1, 0.15) is 35.2 Å². The molecule has 1 aliphatic carbocycles. The summed E-state index contributed by atoms with van der Waals surface area (Å²) in [6, 6.07) is 11.4. The van der Waals surface area contributed by atoms with Gasteiger partial charge in [0.2, 0.25) is 5.91 Å². The summed E-state index contributed by atoms with van der Waals surface area (Å²) in [5, 5.41) is 2.89. The molecule has 6 nitrogen and oxygen atoms in total. The summed E-state index contributed by atoms with van der Waals surface area (Å²) in [5.41, 5.74) is 2.45. The molecule has 1 aromatic carbocycles. The van der Waals surface area contributed by atoms with E-state index >= 15 is 0 Å². The van der Waals surface area contributed by atoms with Gasteiger partial charge in [0.05, 0.1) is 5.56 Å². The number of carbonyl (C=O) groups excluding carboxylic acids is 2. The van der Waals surface area contributed by atoms with E-state index in [2.05, 4.69) is 15.2 Å². The molecule has 1 N–H and O–H groups in total. The Kier molecular flexibility index (Phi) is 5.28. The number of nitrogens with one attached hydrogen (secondary N) is 1. The van der Waals surface area contributed by atoms with Crippen LogP contribution < -0.4 is 10.2 Å². The average Bonchev–Trinajstić information content (AvgIpc) is 3.56. The first kappa shape index (κ1) is 18.5. The molecule has 0 atom stereocenters. The quantitative estimate of drug-likeness (QED) is 0.888. The zero-order valence-corrected chi connectivity index (χ0v) is 16.2. The van der Waals surface area contributed by atoms with Gasteiger partial charge in [0.15, 0.2) is 0 Å². The van der Waals surface area contributed by atoms with Crippen LogP contribution in [-0.2, 0) is 4.79 Å². The van der Waals surface area contributed by atoms with E-state index in [4.69, 9.17) is 0 Å². The van der Waals surface area contributed by atoms with Crippen LogP contribution in [0.4, 0.5) is 11.5 Å². The zero-order chi connectivity index (χ0) is 19.5. The number of pyridine rings is 1. The Bertz CT molecular complexity index is 844. The van der Waals surface area contributed by atoms with E-state index < -0.39 is 0 Å². The Morgan fingerprint density at radius 2 is 1.79 bits per heavy atom. The van der Waals surface area contributed by atoms with E-state index in [0.29, 0.717) is 11.5 Å². The summed E-state index contributed by atoms with van der Waals surface area (Å²) in [7, 11) is 0. The summed E-state index contributed by atoms with van der Waals surface area (Å²) < 4.78 is 0. The summed E-state index contributed by atoms with van der Waals surface area (Å²) >= 11 is 0. The Morgan fingerprint density at radius 3 is 2.46 bits per heavy atom. The van der Waals surface area contributed by atoms with E-state index in [1.807, 2.05) is 48.2 Å². The Hall–Kier alpha value is -2.89. The fourth-order valence-electron chi connectivity index (χ4n) is 3.50. The maximum absolute atomic E-state index is 12.4. The highest BCUT2D eigenvalue weighted by Crippen LogP contribution is 2.31. The Balaban J connectivity index is 1.36. The topological polar surface area (TPSA) is 65.5 Å². The fourth-order valence-corrected chi connectivity index (χ4v) is 3.50. The zero-order valence-electron chi connectivity index (χ0n) is 16.2. The first-order chi connectivity index (χ1) is 13.6. The monoisotopic (exact) mass is 378 g/mol. The van der Waals surface area contributed by atoms with Gasteiger partial charge >= 0.3 is 0 Å². The molecule has 2 amide bonds. The van der Waals surface area contributed by atoms with Crippen molar-refractivity contribution in [2.24, 2.45) is 5.92 Å². The summed E-state index contributed by atoms with van der Waals surface area (Å²) in [6.45, 7) is 5.23. The van der Waals surface area contributed by atoms with Crippen molar-refractivity contribution in [1.29, 1.82) is 0 Å². The maximum Gasteiger partial charge on any atom is 0.257 e. The molecule has 1 saturated carbocycles. The first-order valence-electron chi connectivity index (χ1n) is 9.98. The first-order valence-corrected chi connectivity index (χ1v) is 9.98. The predicted octanol–water partition coefficient (Wildman–Crippen LogP) is 3.09. The van der Waals surface area contributed by atoms with Crippen molar-refractivity contribution in [3.63, 3.8) is 0 Å². The largest absolute Gasteiger partial charge is 0.355 e. The molecule has 0 radical (unpaired) electrons. The van der Waals surface area contributed by atoms with Crippen molar-refractivity contribution in [3.8, 4) is 0 Å². The molecule has 2 aromatic rings. The number of aryl methyl sites for hydroxylation is 1. The van der Waals surface area contributed by atoms with Gasteiger partial charge in [-0.25, -0.2) is 4.98 Å². The van der Waals surface area contributed by atoms with Gasteiger partial charge in [-0.3, -0.25) is 9.59 Å². The number of hydrogen-bond donors (Lipinski definition) is 1. The van der Waals surface area contributed by atoms with Crippen molar-refractivity contribution >= 4 is 23.3 Å². The molecule has 146 valence electrons. The number of rotatable bonds is 4. The number of aromatic nitrogens is 1. The van der Waals surface area contributed by atoms with E-state index in [1.165, 1.54) is 0 Å². The smallest absolute Gasteiger partial charge is 0.257 e. The van der Waals surface area contributed by atoms with E-state index in [-0.39, 0.29) is 11.8 Å². The molecule has 4 rings (SSSR count). The van der Waals surface area contributed by atoms with Gasteiger partial charge in [0.25, 0.3) is 5.91 Å². The second-order valence-electron chi connectivity index (χ2n) is 7.67. The van der Waals surface area contributed by atoms with Crippen molar-refractivity contribution in [3.05, 3.63) is 53.7 Å². The standard InChI is InChI=1S/C22H26N4O2/c1-16-3-8-19(9-4-16)24-21(27)18-7-10-20(23-15-18)25-11-2-12-26(14-13-25)22(28)17-5-6-17/h3-4,7-10,15,17H,2,5-6,11-14H2,1H3,(H,24,27). The van der Waals surface area contributed by atoms with Gasteiger partial charge in [0, 0.05) is 44.0 Å². The van der Waals surface area contributed by atoms with Crippen molar-refractivity contribution in [2.45, 2.75) is 26.2 Å². The van der Waals surface area contributed by atoms with Gasteiger partial charge in [-0.2, -0.15) is 0 Å². The molecule has 28 heavy (non-hydrogen) atoms. The van der Waals surface area contributed by atoms with Crippen molar-refractivity contribution in [1.82, 2.24) is 9.88 Å². The van der Waals surface area contributed by atoms with E-state index in [1.54, 1.807) is 6.20 Å². The predicted molar refractivity (Wildman–Crippen MR) is 110 cm³/mol. The molecule has 1 aliphatic heterocycles. The Morgan fingerprint density at radius 1 is 1.00 bits per heavy atom. The van der Waals surface area contributed by atoms with Gasteiger partial charge in [-0.1, -0.05) is 17.7 Å². The summed E-state index contributed by atoms with van der Waals surface area (Å²) in [5.74, 6) is 1.28. The van der Waals surface area contributed by atoms with Crippen LogP contribution in [0.15, 0.2) is 42.6 Å².